The summed E-state index contributed by atoms with van der Waals surface area (Å²) in [7, 11) is 0. The molecule has 0 aliphatic carbocycles. The molecule has 0 saturated carbocycles. The fourth-order valence-corrected chi connectivity index (χ4v) is 4.11. The Kier molecular flexibility index (Phi) is 5.92. The first-order chi connectivity index (χ1) is 12.9. The van der Waals surface area contributed by atoms with Gasteiger partial charge in [0.05, 0.1) is 12.5 Å². The number of benzene rings is 2. The molecule has 0 spiro atoms. The van der Waals surface area contributed by atoms with E-state index in [9.17, 15) is 9.59 Å². The highest BCUT2D eigenvalue weighted by atomic mass is 35.5. The zero-order valence-electron chi connectivity index (χ0n) is 14.8. The first-order valence-corrected chi connectivity index (χ1v) is 9.44. The molecule has 0 unspecified atom stereocenters. The van der Waals surface area contributed by atoms with Crippen LogP contribution in [-0.2, 0) is 24.2 Å². The second kappa shape index (κ2) is 8.19. The topological polar surface area (TPSA) is 69.6 Å². The van der Waals surface area contributed by atoms with Gasteiger partial charge in [0.25, 0.3) is 0 Å². The van der Waals surface area contributed by atoms with Crippen LogP contribution in [0.3, 0.4) is 0 Å². The molecule has 2 aromatic rings. The van der Waals surface area contributed by atoms with Gasteiger partial charge in [0.2, 0.25) is 5.91 Å². The van der Waals surface area contributed by atoms with Crippen molar-refractivity contribution in [3.05, 3.63) is 68.7 Å². The number of nitrogens with zero attached hydrogens (tertiary/aromatic N) is 1. The van der Waals surface area contributed by atoms with E-state index in [1.54, 1.807) is 18.2 Å². The minimum absolute atomic E-state index is 0.0304. The van der Waals surface area contributed by atoms with Crippen molar-refractivity contribution in [1.29, 1.82) is 0 Å². The van der Waals surface area contributed by atoms with Crippen molar-refractivity contribution < 1.29 is 14.7 Å². The number of halogens is 2. The molecular weight excluding hydrogens is 387 g/mol. The van der Waals surface area contributed by atoms with Crippen molar-refractivity contribution in [2.24, 2.45) is 0 Å². The molecule has 2 amide bonds. The van der Waals surface area contributed by atoms with E-state index >= 15 is 0 Å². The lowest BCUT2D eigenvalue weighted by Crippen LogP contribution is -2.40. The molecule has 1 atom stereocenters. The second-order valence-corrected chi connectivity index (χ2v) is 7.35. The summed E-state index contributed by atoms with van der Waals surface area (Å²) >= 11 is 12.4. The van der Waals surface area contributed by atoms with Crippen molar-refractivity contribution in [1.82, 2.24) is 10.2 Å². The van der Waals surface area contributed by atoms with Crippen molar-refractivity contribution in [3.63, 3.8) is 0 Å². The molecular formula is C20H20Cl2N2O3. The largest absolute Gasteiger partial charge is 0.465 e. The van der Waals surface area contributed by atoms with E-state index in [4.69, 9.17) is 28.3 Å². The van der Waals surface area contributed by atoms with Gasteiger partial charge in [-0.15, -0.1) is 0 Å². The first kappa shape index (κ1) is 19.5. The number of fused-ring (bicyclic) bond motifs is 1. The van der Waals surface area contributed by atoms with Crippen molar-refractivity contribution in [2.45, 2.75) is 32.4 Å². The average Bonchev–Trinajstić information content (AvgIpc) is 2.63. The van der Waals surface area contributed by atoms with E-state index in [0.717, 1.165) is 16.7 Å². The highest BCUT2D eigenvalue weighted by molar-refractivity contribution is 6.36. The van der Waals surface area contributed by atoms with Gasteiger partial charge in [-0.25, -0.2) is 4.79 Å². The predicted octanol–water partition coefficient (Wildman–Crippen LogP) is 4.45. The number of carbonyl (C=O) groups excluding carboxylic acids is 1. The summed E-state index contributed by atoms with van der Waals surface area (Å²) in [6.07, 6.45) is -0.220. The Balaban J connectivity index is 1.80. The van der Waals surface area contributed by atoms with Gasteiger partial charge in [0, 0.05) is 23.1 Å². The summed E-state index contributed by atoms with van der Waals surface area (Å²) in [5, 5.41) is 12.2. The molecule has 0 radical (unpaired) electrons. The molecule has 0 saturated heterocycles. The number of amides is 2. The normalized spacial score (nSPS) is 16.0. The summed E-state index contributed by atoms with van der Waals surface area (Å²) in [6, 6.07) is 10.9. The number of hydrogen-bond acceptors (Lipinski definition) is 2. The number of rotatable bonds is 4. The van der Waals surface area contributed by atoms with Gasteiger partial charge < -0.3 is 15.3 Å². The molecule has 3 rings (SSSR count). The van der Waals surface area contributed by atoms with E-state index in [1.165, 1.54) is 0 Å². The molecule has 1 aliphatic heterocycles. The SMILES string of the molecule is C[C@H]1c2cccc(CNC(=O)O)c2CCN1C(=O)Cc1c(Cl)cccc1Cl. The lowest BCUT2D eigenvalue weighted by molar-refractivity contribution is -0.133. The standard InChI is InChI=1S/C20H20Cl2N2O3/c1-12-14-5-2-4-13(11-23-20(26)27)15(14)8-9-24(12)19(25)10-16-17(21)6-3-7-18(16)22/h2-7,12,23H,8-11H2,1H3,(H,26,27)/t12-/m0/s1. The Bertz CT molecular complexity index is 865. The highest BCUT2D eigenvalue weighted by Crippen LogP contribution is 2.33. The summed E-state index contributed by atoms with van der Waals surface area (Å²) in [6.45, 7) is 2.81. The van der Waals surface area contributed by atoms with Crippen molar-refractivity contribution >= 4 is 35.2 Å². The Hall–Kier alpha value is -2.24. The fraction of sp³-hybridized carbons (Fsp3) is 0.300. The van der Waals surface area contributed by atoms with E-state index in [0.29, 0.717) is 28.6 Å². The molecule has 5 nitrogen and oxygen atoms in total. The maximum Gasteiger partial charge on any atom is 0.404 e. The maximum atomic E-state index is 12.9. The molecule has 142 valence electrons. The lowest BCUT2D eigenvalue weighted by atomic mass is 9.89. The summed E-state index contributed by atoms with van der Waals surface area (Å²) < 4.78 is 0. The summed E-state index contributed by atoms with van der Waals surface area (Å²) in [5.41, 5.74) is 3.74. The summed E-state index contributed by atoms with van der Waals surface area (Å²) in [4.78, 5) is 25.5. The Morgan fingerprint density at radius 3 is 2.52 bits per heavy atom. The van der Waals surface area contributed by atoms with Crippen LogP contribution in [0.4, 0.5) is 4.79 Å². The lowest BCUT2D eigenvalue weighted by Gasteiger charge is -2.36. The predicted molar refractivity (Wildman–Crippen MR) is 105 cm³/mol. The quantitative estimate of drug-likeness (QED) is 0.787. The minimum Gasteiger partial charge on any atom is -0.465 e. The van der Waals surface area contributed by atoms with E-state index < -0.39 is 6.09 Å². The highest BCUT2D eigenvalue weighted by Gasteiger charge is 2.29. The van der Waals surface area contributed by atoms with Crippen LogP contribution in [0.15, 0.2) is 36.4 Å². The van der Waals surface area contributed by atoms with Crippen LogP contribution in [0.25, 0.3) is 0 Å². The van der Waals surface area contributed by atoms with Crippen LogP contribution in [0.1, 0.15) is 35.2 Å². The molecule has 1 aliphatic rings. The van der Waals surface area contributed by atoms with Gasteiger partial charge in [-0.2, -0.15) is 0 Å². The molecule has 0 bridgehead atoms. The molecule has 2 aromatic carbocycles. The van der Waals surface area contributed by atoms with Crippen LogP contribution in [0.5, 0.6) is 0 Å². The van der Waals surface area contributed by atoms with Crippen LogP contribution < -0.4 is 5.32 Å². The zero-order valence-corrected chi connectivity index (χ0v) is 16.3. The third-order valence-electron chi connectivity index (χ3n) is 4.97. The van der Waals surface area contributed by atoms with Crippen LogP contribution >= 0.6 is 23.2 Å². The number of hydrogen-bond donors (Lipinski definition) is 2. The fourth-order valence-electron chi connectivity index (χ4n) is 3.58. The second-order valence-electron chi connectivity index (χ2n) is 6.53. The van der Waals surface area contributed by atoms with Gasteiger partial charge in [-0.05, 0) is 47.7 Å². The van der Waals surface area contributed by atoms with Crippen molar-refractivity contribution in [3.8, 4) is 0 Å². The van der Waals surface area contributed by atoms with Gasteiger partial charge in [-0.1, -0.05) is 47.5 Å². The van der Waals surface area contributed by atoms with Gasteiger partial charge in [0.1, 0.15) is 0 Å². The average molecular weight is 407 g/mol. The minimum atomic E-state index is -1.05. The number of carbonyl (C=O) groups is 2. The van der Waals surface area contributed by atoms with E-state index in [1.807, 2.05) is 30.0 Å². The van der Waals surface area contributed by atoms with Crippen LogP contribution in [-0.4, -0.2) is 28.6 Å². The number of carboxylic acid groups (broad SMARTS) is 1. The Labute approximate surface area is 167 Å². The third-order valence-corrected chi connectivity index (χ3v) is 5.68. The molecule has 27 heavy (non-hydrogen) atoms. The van der Waals surface area contributed by atoms with Crippen LogP contribution in [0, 0.1) is 0 Å². The Morgan fingerprint density at radius 2 is 1.85 bits per heavy atom. The van der Waals surface area contributed by atoms with Gasteiger partial charge in [0.15, 0.2) is 0 Å². The smallest absolute Gasteiger partial charge is 0.404 e. The van der Waals surface area contributed by atoms with Gasteiger partial charge in [-0.3, -0.25) is 4.79 Å². The molecule has 1 heterocycles. The molecule has 0 aromatic heterocycles. The third kappa shape index (κ3) is 4.20. The van der Waals surface area contributed by atoms with Crippen LogP contribution in [0.2, 0.25) is 10.0 Å². The monoisotopic (exact) mass is 406 g/mol. The summed E-state index contributed by atoms with van der Waals surface area (Å²) in [5.74, 6) is -0.0304. The first-order valence-electron chi connectivity index (χ1n) is 8.68. The van der Waals surface area contributed by atoms with E-state index in [-0.39, 0.29) is 24.9 Å². The molecule has 7 heteroatoms. The maximum absolute atomic E-state index is 12.9. The molecule has 0 fully saturated rings. The van der Waals surface area contributed by atoms with Crippen molar-refractivity contribution in [2.75, 3.05) is 6.54 Å². The molecule has 2 N–H and O–H groups in total. The Morgan fingerprint density at radius 1 is 1.19 bits per heavy atom. The van der Waals surface area contributed by atoms with E-state index in [2.05, 4.69) is 5.32 Å². The van der Waals surface area contributed by atoms with Gasteiger partial charge >= 0.3 is 6.09 Å². The number of nitrogens with one attached hydrogen (secondary N) is 1. The zero-order chi connectivity index (χ0) is 19.6.